The largest absolute Gasteiger partial charge is 0.393 e. The Bertz CT molecular complexity index is 1100. The van der Waals surface area contributed by atoms with Crippen LogP contribution in [0.25, 0.3) is 16.5 Å². The number of pyridine rings is 1. The van der Waals surface area contributed by atoms with Gasteiger partial charge in [0.15, 0.2) is 5.82 Å². The number of benzene rings is 1. The van der Waals surface area contributed by atoms with Crippen LogP contribution in [0.3, 0.4) is 0 Å². The fourth-order valence-corrected chi connectivity index (χ4v) is 4.03. The van der Waals surface area contributed by atoms with Crippen LogP contribution in [-0.2, 0) is 0 Å². The molecule has 2 heterocycles. The lowest BCUT2D eigenvalue weighted by Crippen LogP contribution is -2.23. The molecule has 1 aromatic carbocycles. The van der Waals surface area contributed by atoms with Crippen LogP contribution in [0.5, 0.6) is 0 Å². The van der Waals surface area contributed by atoms with Crippen molar-refractivity contribution < 1.29 is 0 Å². The van der Waals surface area contributed by atoms with Gasteiger partial charge in [0.05, 0.1) is 0 Å². The average molecular weight is 416 g/mol. The van der Waals surface area contributed by atoms with E-state index >= 15 is 0 Å². The Hall–Kier alpha value is -3.48. The number of rotatable bonds is 7. The quantitative estimate of drug-likeness (QED) is 0.404. The van der Waals surface area contributed by atoms with E-state index in [1.807, 2.05) is 50.8 Å². The van der Waals surface area contributed by atoms with E-state index in [2.05, 4.69) is 32.0 Å². The zero-order chi connectivity index (χ0) is 21.6. The van der Waals surface area contributed by atoms with Gasteiger partial charge in [-0.25, -0.2) is 15.0 Å². The molecular weight excluding hydrogens is 386 g/mol. The van der Waals surface area contributed by atoms with Crippen molar-refractivity contribution in [3.63, 3.8) is 0 Å². The zero-order valence-corrected chi connectivity index (χ0v) is 18.1. The topological polar surface area (TPSA) is 98.6 Å². The van der Waals surface area contributed by atoms with Crippen molar-refractivity contribution >= 4 is 40.1 Å². The second-order valence-corrected chi connectivity index (χ2v) is 7.96. The molecule has 1 aliphatic carbocycles. The third-order valence-electron chi connectivity index (χ3n) is 5.71. The maximum absolute atomic E-state index is 7.61. The van der Waals surface area contributed by atoms with Crippen LogP contribution >= 0.6 is 0 Å². The summed E-state index contributed by atoms with van der Waals surface area (Å²) in [4.78, 5) is 13.8. The molecule has 1 aliphatic rings. The minimum Gasteiger partial charge on any atom is -0.393 e. The van der Waals surface area contributed by atoms with Crippen LogP contribution in [0.2, 0.25) is 0 Å². The van der Waals surface area contributed by atoms with E-state index in [-0.39, 0.29) is 0 Å². The number of aryl methyl sites for hydroxylation is 1. The highest BCUT2D eigenvalue weighted by Crippen LogP contribution is 2.27. The molecule has 7 heteroatoms. The summed E-state index contributed by atoms with van der Waals surface area (Å²) in [6, 6.07) is 8.44. The molecule has 1 saturated carbocycles. The molecule has 4 rings (SSSR count). The minimum atomic E-state index is 0.460. The van der Waals surface area contributed by atoms with Gasteiger partial charge < -0.3 is 21.4 Å². The molecule has 0 spiro atoms. The third kappa shape index (κ3) is 4.82. The zero-order valence-electron chi connectivity index (χ0n) is 18.1. The Balaban J connectivity index is 1.59. The normalized spacial score (nSPS) is 15.0. The van der Waals surface area contributed by atoms with Gasteiger partial charge in [0.25, 0.3) is 0 Å². The molecule has 7 nitrogen and oxygen atoms in total. The maximum Gasteiger partial charge on any atom is 0.227 e. The highest BCUT2D eigenvalue weighted by Gasteiger charge is 2.16. The fraction of sp³-hybridized carbons (Fsp3) is 0.333. The molecule has 0 aliphatic heterocycles. The molecule has 0 saturated heterocycles. The van der Waals surface area contributed by atoms with Crippen molar-refractivity contribution in [2.24, 2.45) is 0 Å². The van der Waals surface area contributed by atoms with Gasteiger partial charge in [-0.2, -0.15) is 0 Å². The van der Waals surface area contributed by atoms with Crippen molar-refractivity contribution in [2.75, 3.05) is 17.7 Å². The van der Waals surface area contributed by atoms with Gasteiger partial charge in [-0.15, -0.1) is 0 Å². The Morgan fingerprint density at radius 1 is 1.13 bits per heavy atom. The lowest BCUT2D eigenvalue weighted by atomic mass is 9.95. The Kier molecular flexibility index (Phi) is 6.40. The first-order chi connectivity index (χ1) is 15.2. The molecule has 31 heavy (non-hydrogen) atoms. The van der Waals surface area contributed by atoms with E-state index in [0.717, 1.165) is 39.1 Å². The van der Waals surface area contributed by atoms with E-state index in [0.29, 0.717) is 12.0 Å². The van der Waals surface area contributed by atoms with Crippen molar-refractivity contribution in [1.29, 1.82) is 5.41 Å². The van der Waals surface area contributed by atoms with Crippen molar-refractivity contribution in [2.45, 2.75) is 45.1 Å². The predicted molar refractivity (Wildman–Crippen MR) is 128 cm³/mol. The predicted octanol–water partition coefficient (Wildman–Crippen LogP) is 5.03. The van der Waals surface area contributed by atoms with Crippen LogP contribution in [0.4, 0.5) is 17.5 Å². The summed E-state index contributed by atoms with van der Waals surface area (Å²) in [5.74, 6) is 1.37. The molecular formula is C24H29N7. The van der Waals surface area contributed by atoms with Gasteiger partial charge in [-0.05, 0) is 49.1 Å². The molecule has 2 aromatic heterocycles. The number of nitrogens with zero attached hydrogens (tertiary/aromatic N) is 3. The molecule has 3 aromatic rings. The molecule has 4 N–H and O–H groups in total. The Labute approximate surface area is 182 Å². The first-order valence-electron chi connectivity index (χ1n) is 10.8. The molecule has 0 atom stereocenters. The summed E-state index contributed by atoms with van der Waals surface area (Å²) in [5, 5.41) is 18.5. The fourth-order valence-electron chi connectivity index (χ4n) is 4.03. The summed E-state index contributed by atoms with van der Waals surface area (Å²) in [6.45, 7) is 2.03. The van der Waals surface area contributed by atoms with Gasteiger partial charge >= 0.3 is 0 Å². The number of anilines is 3. The van der Waals surface area contributed by atoms with Crippen molar-refractivity contribution in [1.82, 2.24) is 20.3 Å². The van der Waals surface area contributed by atoms with Crippen LogP contribution in [-0.4, -0.2) is 34.3 Å². The first-order valence-corrected chi connectivity index (χ1v) is 10.8. The summed E-state index contributed by atoms with van der Waals surface area (Å²) in [7, 11) is 1.83. The highest BCUT2D eigenvalue weighted by atomic mass is 15.1. The summed E-state index contributed by atoms with van der Waals surface area (Å²) < 4.78 is 0. The van der Waals surface area contributed by atoms with Gasteiger partial charge in [-0.1, -0.05) is 25.3 Å². The number of aromatic nitrogens is 3. The van der Waals surface area contributed by atoms with E-state index in [1.54, 1.807) is 0 Å². The van der Waals surface area contributed by atoms with Gasteiger partial charge in [0.1, 0.15) is 5.52 Å². The van der Waals surface area contributed by atoms with Crippen LogP contribution in [0.1, 0.15) is 43.2 Å². The lowest BCUT2D eigenvalue weighted by Gasteiger charge is -2.23. The van der Waals surface area contributed by atoms with Crippen LogP contribution in [0, 0.1) is 12.3 Å². The van der Waals surface area contributed by atoms with Crippen LogP contribution < -0.4 is 16.0 Å². The highest BCUT2D eigenvalue weighted by molar-refractivity contribution is 6.08. The first kappa shape index (κ1) is 20.8. The molecule has 160 valence electrons. The van der Waals surface area contributed by atoms with E-state index in [9.17, 15) is 0 Å². The minimum absolute atomic E-state index is 0.460. The number of nitrogens with one attached hydrogen (secondary N) is 4. The summed E-state index contributed by atoms with van der Waals surface area (Å²) in [6.07, 6.45) is 13.0. The standard InChI is InChI=1S/C24H29N7/c1-16-12-17(19(13-25)14-26-2)8-9-21(16)30-24-28-15-18-10-11-27-23(22(18)31-24)29-20-6-4-3-5-7-20/h8-15,20,25-26H,3-7H2,1-2H3,(H,27,29)(H,28,30,31)/b19-14+,25-13?. The number of hydrogen-bond acceptors (Lipinski definition) is 7. The van der Waals surface area contributed by atoms with Gasteiger partial charge in [0.2, 0.25) is 5.95 Å². The molecule has 0 bridgehead atoms. The Morgan fingerprint density at radius 3 is 2.71 bits per heavy atom. The third-order valence-corrected chi connectivity index (χ3v) is 5.71. The Morgan fingerprint density at radius 2 is 1.97 bits per heavy atom. The molecule has 0 amide bonds. The second-order valence-electron chi connectivity index (χ2n) is 7.96. The smallest absolute Gasteiger partial charge is 0.227 e. The van der Waals surface area contributed by atoms with Gasteiger partial charge in [0, 0.05) is 54.5 Å². The lowest BCUT2D eigenvalue weighted by molar-refractivity contribution is 0.462. The van der Waals surface area contributed by atoms with E-state index in [1.165, 1.54) is 38.3 Å². The molecule has 1 fully saturated rings. The van der Waals surface area contributed by atoms with Crippen molar-refractivity contribution in [3.8, 4) is 0 Å². The molecule has 0 radical (unpaired) electrons. The second kappa shape index (κ2) is 9.55. The van der Waals surface area contributed by atoms with E-state index < -0.39 is 0 Å². The number of hydrogen-bond donors (Lipinski definition) is 4. The monoisotopic (exact) mass is 415 g/mol. The van der Waals surface area contributed by atoms with E-state index in [4.69, 9.17) is 10.4 Å². The number of fused-ring (bicyclic) bond motifs is 1. The van der Waals surface area contributed by atoms with Crippen molar-refractivity contribution in [3.05, 3.63) is 54.0 Å². The maximum atomic E-state index is 7.61. The van der Waals surface area contributed by atoms with Crippen LogP contribution in [0.15, 0.2) is 42.9 Å². The molecule has 0 unspecified atom stereocenters. The number of allylic oxidation sites excluding steroid dienone is 1. The summed E-state index contributed by atoms with van der Waals surface area (Å²) in [5.41, 5.74) is 4.63. The van der Waals surface area contributed by atoms with Gasteiger partial charge in [-0.3, -0.25) is 0 Å². The average Bonchev–Trinajstić information content (AvgIpc) is 2.80. The SMILES string of the molecule is CN/C=C(\C=N)c1ccc(Nc2ncc3ccnc(NC4CCCCC4)c3n2)c(C)c1. The summed E-state index contributed by atoms with van der Waals surface area (Å²) >= 11 is 0.